The highest BCUT2D eigenvalue weighted by atomic mass is 19.1. The highest BCUT2D eigenvalue weighted by Crippen LogP contribution is 2.25. The van der Waals surface area contributed by atoms with Crippen molar-refractivity contribution in [3.63, 3.8) is 0 Å². The fourth-order valence-electron chi connectivity index (χ4n) is 1.83. The first-order chi connectivity index (χ1) is 7.15. The molecule has 0 aliphatic heterocycles. The highest BCUT2D eigenvalue weighted by molar-refractivity contribution is 5.25. The molecular weight excluding hydrogens is 200 g/mol. The summed E-state index contributed by atoms with van der Waals surface area (Å²) in [5, 5.41) is 0. The Morgan fingerprint density at radius 2 is 2.07 bits per heavy atom. The third-order valence-electron chi connectivity index (χ3n) is 2.61. The molecule has 15 heavy (non-hydrogen) atoms. The van der Waals surface area contributed by atoms with Gasteiger partial charge in [0.25, 0.3) is 0 Å². The molecule has 2 unspecified atom stereocenters. The van der Waals surface area contributed by atoms with Gasteiger partial charge >= 0.3 is 0 Å². The minimum atomic E-state index is -0.657. The predicted molar refractivity (Wildman–Crippen MR) is 52.6 cm³/mol. The number of hydrogen-bond donors (Lipinski definition) is 1. The van der Waals surface area contributed by atoms with Gasteiger partial charge in [-0.25, -0.2) is 8.78 Å². The van der Waals surface area contributed by atoms with Crippen LogP contribution in [0.2, 0.25) is 0 Å². The molecule has 2 rings (SSSR count). The molecule has 0 spiro atoms. The number of ether oxygens (including phenoxy) is 1. The van der Waals surface area contributed by atoms with Gasteiger partial charge < -0.3 is 10.5 Å². The number of hydrogen-bond acceptors (Lipinski definition) is 2. The van der Waals surface area contributed by atoms with E-state index in [-0.39, 0.29) is 17.9 Å². The van der Waals surface area contributed by atoms with Crippen molar-refractivity contribution in [2.24, 2.45) is 5.73 Å². The Morgan fingerprint density at radius 1 is 1.27 bits per heavy atom. The Kier molecular flexibility index (Phi) is 2.86. The summed E-state index contributed by atoms with van der Waals surface area (Å²) in [5.41, 5.74) is 5.71. The summed E-state index contributed by atoms with van der Waals surface area (Å²) >= 11 is 0. The molecule has 0 saturated heterocycles. The zero-order chi connectivity index (χ0) is 10.8. The predicted octanol–water partition coefficient (Wildman–Crippen LogP) is 2.22. The van der Waals surface area contributed by atoms with Crippen molar-refractivity contribution in [2.45, 2.75) is 31.4 Å². The van der Waals surface area contributed by atoms with E-state index in [1.165, 1.54) is 12.1 Å². The van der Waals surface area contributed by atoms with Crippen molar-refractivity contribution < 1.29 is 13.5 Å². The SMILES string of the molecule is NC1CCC(Oc2ccc(F)cc2F)C1. The molecule has 1 aromatic carbocycles. The number of benzene rings is 1. The van der Waals surface area contributed by atoms with Crippen molar-refractivity contribution in [3.05, 3.63) is 29.8 Å². The maximum absolute atomic E-state index is 13.2. The topological polar surface area (TPSA) is 35.2 Å². The van der Waals surface area contributed by atoms with Crippen LogP contribution in [-0.2, 0) is 0 Å². The van der Waals surface area contributed by atoms with Crippen molar-refractivity contribution in [2.75, 3.05) is 0 Å². The monoisotopic (exact) mass is 213 g/mol. The van der Waals surface area contributed by atoms with Crippen LogP contribution in [0.15, 0.2) is 18.2 Å². The van der Waals surface area contributed by atoms with Gasteiger partial charge in [0.15, 0.2) is 11.6 Å². The first-order valence-corrected chi connectivity index (χ1v) is 5.02. The zero-order valence-corrected chi connectivity index (χ0v) is 8.25. The maximum atomic E-state index is 13.2. The van der Waals surface area contributed by atoms with Crippen LogP contribution in [0.3, 0.4) is 0 Å². The first-order valence-electron chi connectivity index (χ1n) is 5.02. The van der Waals surface area contributed by atoms with Gasteiger partial charge in [-0.1, -0.05) is 0 Å². The Morgan fingerprint density at radius 3 is 2.67 bits per heavy atom. The molecule has 82 valence electrons. The lowest BCUT2D eigenvalue weighted by Gasteiger charge is -2.13. The van der Waals surface area contributed by atoms with E-state index in [4.69, 9.17) is 10.5 Å². The van der Waals surface area contributed by atoms with Gasteiger partial charge in [0.2, 0.25) is 0 Å². The molecule has 0 aromatic heterocycles. The summed E-state index contributed by atoms with van der Waals surface area (Å²) in [6, 6.07) is 3.46. The third kappa shape index (κ3) is 2.45. The van der Waals surface area contributed by atoms with Crippen LogP contribution in [0.4, 0.5) is 8.78 Å². The molecular formula is C11H13F2NO. The average Bonchev–Trinajstić information content (AvgIpc) is 2.56. The van der Waals surface area contributed by atoms with E-state index in [2.05, 4.69) is 0 Å². The second-order valence-electron chi connectivity index (χ2n) is 3.89. The van der Waals surface area contributed by atoms with Crippen LogP contribution in [0, 0.1) is 11.6 Å². The van der Waals surface area contributed by atoms with Gasteiger partial charge in [0.1, 0.15) is 11.9 Å². The van der Waals surface area contributed by atoms with Crippen LogP contribution >= 0.6 is 0 Å². The van der Waals surface area contributed by atoms with E-state index in [1.807, 2.05) is 0 Å². The second-order valence-corrected chi connectivity index (χ2v) is 3.89. The van der Waals surface area contributed by atoms with Crippen LogP contribution in [0.25, 0.3) is 0 Å². The molecule has 0 heterocycles. The second kappa shape index (κ2) is 4.14. The Labute approximate surface area is 87.0 Å². The summed E-state index contributed by atoms with van der Waals surface area (Å²) in [5.74, 6) is -1.14. The van der Waals surface area contributed by atoms with Crippen molar-refractivity contribution in [1.29, 1.82) is 0 Å². The van der Waals surface area contributed by atoms with Gasteiger partial charge in [-0.15, -0.1) is 0 Å². The average molecular weight is 213 g/mol. The molecule has 0 amide bonds. The number of rotatable bonds is 2. The minimum Gasteiger partial charge on any atom is -0.487 e. The van der Waals surface area contributed by atoms with Crippen LogP contribution < -0.4 is 10.5 Å². The van der Waals surface area contributed by atoms with Gasteiger partial charge in [-0.2, -0.15) is 0 Å². The molecule has 1 saturated carbocycles. The first kappa shape index (κ1) is 10.4. The van der Waals surface area contributed by atoms with Gasteiger partial charge in [-0.3, -0.25) is 0 Å². The molecule has 0 radical (unpaired) electrons. The normalized spacial score (nSPS) is 25.5. The van der Waals surface area contributed by atoms with Gasteiger partial charge in [-0.05, 0) is 31.4 Å². The van der Waals surface area contributed by atoms with Crippen molar-refractivity contribution in [1.82, 2.24) is 0 Å². The summed E-state index contributed by atoms with van der Waals surface area (Å²) in [6.45, 7) is 0. The standard InChI is InChI=1S/C11H13F2NO/c12-7-1-4-11(10(13)5-7)15-9-3-2-8(14)6-9/h1,4-5,8-9H,2-3,6,14H2. The Bertz CT molecular complexity index is 356. The Hall–Kier alpha value is -1.16. The van der Waals surface area contributed by atoms with Crippen molar-refractivity contribution in [3.8, 4) is 5.75 Å². The molecule has 2 atom stereocenters. The Balaban J connectivity index is 2.04. The molecule has 1 aliphatic rings. The lowest BCUT2D eigenvalue weighted by atomic mass is 10.2. The smallest absolute Gasteiger partial charge is 0.167 e. The third-order valence-corrected chi connectivity index (χ3v) is 2.61. The van der Waals surface area contributed by atoms with Crippen LogP contribution in [-0.4, -0.2) is 12.1 Å². The molecule has 0 bridgehead atoms. The summed E-state index contributed by atoms with van der Waals surface area (Å²) in [6.07, 6.45) is 2.42. The number of halogens is 2. The summed E-state index contributed by atoms with van der Waals surface area (Å²) in [4.78, 5) is 0. The minimum absolute atomic E-state index is 0.0417. The molecule has 4 heteroatoms. The molecule has 2 N–H and O–H groups in total. The summed E-state index contributed by atoms with van der Waals surface area (Å²) in [7, 11) is 0. The van der Waals surface area contributed by atoms with E-state index in [9.17, 15) is 8.78 Å². The highest BCUT2D eigenvalue weighted by Gasteiger charge is 2.24. The van der Waals surface area contributed by atoms with Gasteiger partial charge in [0, 0.05) is 12.1 Å². The molecule has 1 fully saturated rings. The van der Waals surface area contributed by atoms with E-state index in [0.29, 0.717) is 0 Å². The fourth-order valence-corrected chi connectivity index (χ4v) is 1.83. The zero-order valence-electron chi connectivity index (χ0n) is 8.25. The van der Waals surface area contributed by atoms with Crippen LogP contribution in [0.5, 0.6) is 5.75 Å². The van der Waals surface area contributed by atoms with E-state index in [0.717, 1.165) is 25.3 Å². The lowest BCUT2D eigenvalue weighted by molar-refractivity contribution is 0.198. The van der Waals surface area contributed by atoms with E-state index < -0.39 is 11.6 Å². The lowest BCUT2D eigenvalue weighted by Crippen LogP contribution is -2.19. The van der Waals surface area contributed by atoms with Gasteiger partial charge in [0.05, 0.1) is 0 Å². The van der Waals surface area contributed by atoms with Crippen LogP contribution in [0.1, 0.15) is 19.3 Å². The van der Waals surface area contributed by atoms with E-state index in [1.54, 1.807) is 0 Å². The molecule has 1 aliphatic carbocycles. The maximum Gasteiger partial charge on any atom is 0.167 e. The van der Waals surface area contributed by atoms with Crippen molar-refractivity contribution >= 4 is 0 Å². The summed E-state index contributed by atoms with van der Waals surface area (Å²) < 4.78 is 31.2. The largest absolute Gasteiger partial charge is 0.487 e. The fraction of sp³-hybridized carbons (Fsp3) is 0.455. The quantitative estimate of drug-likeness (QED) is 0.817. The van der Waals surface area contributed by atoms with E-state index >= 15 is 0 Å². The number of nitrogens with two attached hydrogens (primary N) is 1. The molecule has 1 aromatic rings. The molecule has 2 nitrogen and oxygen atoms in total.